The van der Waals surface area contributed by atoms with Gasteiger partial charge in [-0.25, -0.2) is 0 Å². The molecule has 33 heavy (non-hydrogen) atoms. The van der Waals surface area contributed by atoms with E-state index in [0.29, 0.717) is 11.8 Å². The van der Waals surface area contributed by atoms with E-state index < -0.39 is 18.0 Å². The molecule has 1 heterocycles. The first-order valence-corrected chi connectivity index (χ1v) is 12.3. The second-order valence-electron chi connectivity index (χ2n) is 10.5. The highest BCUT2D eigenvalue weighted by Crippen LogP contribution is 2.46. The van der Waals surface area contributed by atoms with Crippen LogP contribution >= 0.6 is 0 Å². The lowest BCUT2D eigenvalue weighted by Gasteiger charge is -2.30. The van der Waals surface area contributed by atoms with Gasteiger partial charge in [-0.1, -0.05) is 116 Å². The molecule has 1 aliphatic heterocycles. The summed E-state index contributed by atoms with van der Waals surface area (Å²) in [5.41, 5.74) is 2.11. The highest BCUT2D eigenvalue weighted by molar-refractivity contribution is 5.35. The zero-order chi connectivity index (χ0) is 24.8. The van der Waals surface area contributed by atoms with E-state index in [1.54, 1.807) is 0 Å². The number of hydrogen-bond acceptors (Lipinski definition) is 4. The Hall–Kier alpha value is -1.72. The Morgan fingerprint density at radius 3 is 1.12 bits per heavy atom. The molecular weight excluding hydrogens is 412 g/mol. The van der Waals surface area contributed by atoms with Crippen molar-refractivity contribution in [3.05, 3.63) is 71.8 Å². The van der Waals surface area contributed by atoms with Crippen LogP contribution < -0.4 is 0 Å². The van der Waals surface area contributed by atoms with Crippen molar-refractivity contribution >= 4 is 0 Å². The Bertz CT molecular complexity index is 731. The fourth-order valence-corrected chi connectivity index (χ4v) is 4.12. The molecule has 0 radical (unpaired) electrons. The van der Waals surface area contributed by atoms with Crippen LogP contribution in [0.3, 0.4) is 0 Å². The molecule has 184 valence electrons. The third-order valence-electron chi connectivity index (χ3n) is 6.27. The van der Waals surface area contributed by atoms with Crippen molar-refractivity contribution in [1.82, 2.24) is 0 Å². The maximum Gasteiger partial charge on any atom is 0.223 e. The molecule has 1 aliphatic rings. The maximum atomic E-state index is 9.32. The molecule has 0 bridgehead atoms. The van der Waals surface area contributed by atoms with Gasteiger partial charge in [-0.3, -0.25) is 0 Å². The summed E-state index contributed by atoms with van der Waals surface area (Å²) in [5.74, 6) is 0.259. The summed E-state index contributed by atoms with van der Waals surface area (Å²) in [5, 5.41) is 18.6. The summed E-state index contributed by atoms with van der Waals surface area (Å²) in [6.45, 7) is 16.4. The minimum absolute atomic E-state index is 0.0791. The third-order valence-corrected chi connectivity index (χ3v) is 6.27. The van der Waals surface area contributed by atoms with E-state index in [9.17, 15) is 10.2 Å². The number of ether oxygens (including phenoxy) is 2. The average molecular weight is 457 g/mol. The van der Waals surface area contributed by atoms with Crippen molar-refractivity contribution < 1.29 is 19.7 Å². The molecule has 2 aromatic rings. The summed E-state index contributed by atoms with van der Waals surface area (Å²) in [7, 11) is 0. The molecule has 0 aromatic heterocycles. The van der Waals surface area contributed by atoms with Gasteiger partial charge in [0.05, 0.1) is 24.4 Å². The first-order valence-electron chi connectivity index (χ1n) is 12.3. The summed E-state index contributed by atoms with van der Waals surface area (Å²) >= 11 is 0. The van der Waals surface area contributed by atoms with Crippen LogP contribution in [0.1, 0.15) is 66.5 Å². The monoisotopic (exact) mass is 456 g/mol. The summed E-state index contributed by atoms with van der Waals surface area (Å²) < 4.78 is 13.3. The molecule has 4 heteroatoms. The SMILES string of the molecule is CC(C)C(O)C(O)C(C)C.CC(C)C1OC(c2ccccc2)(c2ccccc2)OC1C(C)C. The van der Waals surface area contributed by atoms with Crippen LogP contribution in [0, 0.1) is 23.7 Å². The zero-order valence-corrected chi connectivity index (χ0v) is 21.6. The molecule has 1 saturated heterocycles. The molecule has 4 nitrogen and oxygen atoms in total. The van der Waals surface area contributed by atoms with Crippen molar-refractivity contribution in [2.24, 2.45) is 23.7 Å². The standard InChI is InChI=1S/C21H26O2.C8H18O2/c1-15(2)19-20(16(3)4)23-21(22-19,17-11-7-5-8-12-17)18-13-9-6-10-14-18;1-5(2)7(9)8(10)6(3)4/h5-16,19-20H,1-4H3;5-10H,1-4H3. The third kappa shape index (κ3) is 6.66. The minimum atomic E-state index is -0.813. The predicted octanol–water partition coefficient (Wildman–Crippen LogP) is 6.00. The van der Waals surface area contributed by atoms with Crippen molar-refractivity contribution in [3.63, 3.8) is 0 Å². The molecular formula is C29H44O4. The summed E-state index contributed by atoms with van der Waals surface area (Å²) in [4.78, 5) is 0. The molecule has 3 rings (SSSR count). The van der Waals surface area contributed by atoms with Crippen LogP contribution in [0.15, 0.2) is 60.7 Å². The van der Waals surface area contributed by atoms with E-state index >= 15 is 0 Å². The largest absolute Gasteiger partial charge is 0.390 e. The van der Waals surface area contributed by atoms with Gasteiger partial charge in [-0.15, -0.1) is 0 Å². The molecule has 1 fully saturated rings. The Kier molecular flexibility index (Phi) is 10.1. The average Bonchev–Trinajstić information content (AvgIpc) is 3.22. The van der Waals surface area contributed by atoms with Gasteiger partial charge >= 0.3 is 0 Å². The smallest absolute Gasteiger partial charge is 0.223 e. The van der Waals surface area contributed by atoms with Crippen LogP contribution in [-0.4, -0.2) is 34.6 Å². The highest BCUT2D eigenvalue weighted by Gasteiger charge is 2.51. The van der Waals surface area contributed by atoms with Gasteiger partial charge in [0, 0.05) is 11.1 Å². The molecule has 2 aromatic carbocycles. The number of aliphatic hydroxyl groups excluding tert-OH is 2. The van der Waals surface area contributed by atoms with Crippen molar-refractivity contribution in [2.45, 2.75) is 85.6 Å². The van der Waals surface area contributed by atoms with Gasteiger partial charge in [0.2, 0.25) is 5.79 Å². The zero-order valence-electron chi connectivity index (χ0n) is 21.6. The summed E-state index contributed by atoms with van der Waals surface area (Å²) in [6.07, 6.45) is -1.01. The van der Waals surface area contributed by atoms with E-state index in [4.69, 9.17) is 9.47 Å². The van der Waals surface area contributed by atoms with Crippen molar-refractivity contribution in [1.29, 1.82) is 0 Å². The van der Waals surface area contributed by atoms with Gasteiger partial charge in [-0.2, -0.15) is 0 Å². The van der Waals surface area contributed by atoms with Gasteiger partial charge in [0.1, 0.15) is 0 Å². The minimum Gasteiger partial charge on any atom is -0.390 e. The number of benzene rings is 2. The first kappa shape index (κ1) is 27.5. The molecule has 0 aliphatic carbocycles. The molecule has 0 amide bonds. The van der Waals surface area contributed by atoms with Crippen molar-refractivity contribution in [2.75, 3.05) is 0 Å². The van der Waals surface area contributed by atoms with Gasteiger partial charge in [-0.05, 0) is 23.7 Å². The number of rotatable bonds is 7. The van der Waals surface area contributed by atoms with Gasteiger partial charge in [0.25, 0.3) is 0 Å². The highest BCUT2D eigenvalue weighted by atomic mass is 16.8. The fourth-order valence-electron chi connectivity index (χ4n) is 4.12. The van der Waals surface area contributed by atoms with E-state index in [0.717, 1.165) is 11.1 Å². The Balaban J connectivity index is 0.000000328. The van der Waals surface area contributed by atoms with Crippen molar-refractivity contribution in [3.8, 4) is 0 Å². The lowest BCUT2D eigenvalue weighted by atomic mass is 9.94. The predicted molar refractivity (Wildman–Crippen MR) is 135 cm³/mol. The van der Waals surface area contributed by atoms with E-state index in [1.165, 1.54) is 0 Å². The lowest BCUT2D eigenvalue weighted by Crippen LogP contribution is -2.34. The second-order valence-corrected chi connectivity index (χ2v) is 10.5. The Morgan fingerprint density at radius 1 is 0.576 bits per heavy atom. The quantitative estimate of drug-likeness (QED) is 0.536. The Morgan fingerprint density at radius 2 is 0.879 bits per heavy atom. The van der Waals surface area contributed by atoms with E-state index in [1.807, 2.05) is 64.1 Å². The topological polar surface area (TPSA) is 58.9 Å². The molecule has 2 N–H and O–H groups in total. The normalized spacial score (nSPS) is 21.9. The van der Waals surface area contributed by atoms with Crippen LogP contribution in [0.4, 0.5) is 0 Å². The maximum absolute atomic E-state index is 9.32. The molecule has 0 spiro atoms. The number of aliphatic hydroxyl groups is 2. The molecule has 0 saturated carbocycles. The molecule has 4 atom stereocenters. The Labute approximate surface area is 201 Å². The summed E-state index contributed by atoms with van der Waals surface area (Å²) in [6, 6.07) is 20.6. The van der Waals surface area contributed by atoms with Crippen LogP contribution in [-0.2, 0) is 15.3 Å². The van der Waals surface area contributed by atoms with E-state index in [-0.39, 0.29) is 24.0 Å². The van der Waals surface area contributed by atoms with Gasteiger partial charge in [0.15, 0.2) is 0 Å². The fraction of sp³-hybridized carbons (Fsp3) is 0.586. The van der Waals surface area contributed by atoms with Crippen LogP contribution in [0.5, 0.6) is 0 Å². The first-order chi connectivity index (χ1) is 15.5. The lowest BCUT2D eigenvalue weighted by molar-refractivity contribution is -0.156. The molecule has 4 unspecified atom stereocenters. The van der Waals surface area contributed by atoms with Crippen LogP contribution in [0.25, 0.3) is 0 Å². The van der Waals surface area contributed by atoms with Gasteiger partial charge < -0.3 is 19.7 Å². The van der Waals surface area contributed by atoms with E-state index in [2.05, 4.69) is 52.0 Å². The van der Waals surface area contributed by atoms with Crippen LogP contribution in [0.2, 0.25) is 0 Å². The second kappa shape index (κ2) is 12.1. The number of hydrogen-bond donors (Lipinski definition) is 2.